The molecule has 1 aliphatic carbocycles. The summed E-state index contributed by atoms with van der Waals surface area (Å²) in [5, 5.41) is 15.6. The summed E-state index contributed by atoms with van der Waals surface area (Å²) in [4.78, 5) is 14.9. The number of benzene rings is 2. The van der Waals surface area contributed by atoms with Crippen LogP contribution in [0.3, 0.4) is 0 Å². The maximum atomic E-state index is 15.0. The summed E-state index contributed by atoms with van der Waals surface area (Å²) in [6.07, 6.45) is -3.40. The van der Waals surface area contributed by atoms with Crippen LogP contribution in [0, 0.1) is 24.1 Å². The number of hydrogen-bond donors (Lipinski definition) is 1. The molecule has 2 fully saturated rings. The number of anilines is 1. The van der Waals surface area contributed by atoms with Crippen molar-refractivity contribution in [2.75, 3.05) is 11.4 Å². The molecule has 42 heavy (non-hydrogen) atoms. The second-order valence-electron chi connectivity index (χ2n) is 10.8. The number of alkyl halides is 5. The Morgan fingerprint density at radius 1 is 1.17 bits per heavy atom. The summed E-state index contributed by atoms with van der Waals surface area (Å²) < 4.78 is 99.0. The number of carbonyl (C=O) groups excluding carboxylic acids is 1. The van der Waals surface area contributed by atoms with Gasteiger partial charge in [0.15, 0.2) is 0 Å². The predicted octanol–water partition coefficient (Wildman–Crippen LogP) is 4.48. The van der Waals surface area contributed by atoms with E-state index in [9.17, 15) is 40.6 Å². The van der Waals surface area contributed by atoms with Crippen molar-refractivity contribution in [3.8, 4) is 11.8 Å². The van der Waals surface area contributed by atoms with E-state index >= 15 is 0 Å². The zero-order valence-corrected chi connectivity index (χ0v) is 22.8. The third kappa shape index (κ3) is 4.65. The van der Waals surface area contributed by atoms with E-state index in [1.807, 2.05) is 0 Å². The SMILES string of the molecule is Cc1cc(N2C[C@H](S3(=O)=BC(F)(F)c4cc(F)ccc43)C[C@H]2C(=O)NC2(C#N)CC2)n(-c2ccc(C(F)(F)F)cc2)n1. The molecule has 1 saturated carbocycles. The van der Waals surface area contributed by atoms with Gasteiger partial charge in [0, 0.05) is 0 Å². The molecule has 1 aromatic heterocycles. The number of rotatable bonds is 5. The summed E-state index contributed by atoms with van der Waals surface area (Å²) in [6, 6.07) is 9.47. The van der Waals surface area contributed by atoms with Gasteiger partial charge in [-0.25, -0.2) is 0 Å². The predicted molar refractivity (Wildman–Crippen MR) is 141 cm³/mol. The first-order valence-electron chi connectivity index (χ1n) is 13.0. The van der Waals surface area contributed by atoms with Crippen molar-refractivity contribution in [2.45, 2.75) is 59.9 Å². The molecule has 3 aromatic rings. The number of aryl methyl sites for hydroxylation is 1. The second kappa shape index (κ2) is 9.35. The van der Waals surface area contributed by atoms with Crippen molar-refractivity contribution in [1.82, 2.24) is 15.1 Å². The summed E-state index contributed by atoms with van der Waals surface area (Å²) in [5.74, 6) is -4.89. The van der Waals surface area contributed by atoms with Crippen molar-refractivity contribution >= 4 is 27.2 Å². The van der Waals surface area contributed by atoms with Gasteiger partial charge in [0.2, 0.25) is 0 Å². The van der Waals surface area contributed by atoms with Gasteiger partial charge < -0.3 is 0 Å². The van der Waals surface area contributed by atoms with Gasteiger partial charge >= 0.3 is 237 Å². The Bertz CT molecular complexity index is 1770. The number of amides is 1. The fraction of sp³-hybridized carbons (Fsp3) is 0.370. The van der Waals surface area contributed by atoms with Crippen LogP contribution in [-0.4, -0.2) is 49.4 Å². The van der Waals surface area contributed by atoms with E-state index in [1.165, 1.54) is 21.7 Å². The summed E-state index contributed by atoms with van der Waals surface area (Å²) in [5.41, 5.74) is -1.92. The normalized spacial score (nSPS) is 25.2. The molecule has 1 unspecified atom stereocenters. The van der Waals surface area contributed by atoms with Gasteiger partial charge in [-0.2, -0.15) is 0 Å². The fourth-order valence-corrected chi connectivity index (χ4v) is 8.51. The van der Waals surface area contributed by atoms with Gasteiger partial charge in [-0.15, -0.1) is 0 Å². The van der Waals surface area contributed by atoms with Gasteiger partial charge in [0.1, 0.15) is 0 Å². The zero-order valence-electron chi connectivity index (χ0n) is 22.0. The van der Waals surface area contributed by atoms with Crippen LogP contribution < -0.4 is 10.2 Å². The van der Waals surface area contributed by atoms with E-state index in [0.29, 0.717) is 30.8 Å². The molecule has 1 saturated heterocycles. The molecule has 1 N–H and O–H groups in total. The van der Waals surface area contributed by atoms with Gasteiger partial charge in [0.05, 0.1) is 0 Å². The van der Waals surface area contributed by atoms with Crippen LogP contribution in [0.2, 0.25) is 0 Å². The maximum absolute atomic E-state index is 15.0. The molecule has 1 amide bonds. The number of halogens is 6. The molecule has 7 nitrogen and oxygen atoms in total. The first-order chi connectivity index (χ1) is 19.7. The molecule has 2 aromatic carbocycles. The van der Waals surface area contributed by atoms with Crippen LogP contribution in [0.5, 0.6) is 0 Å². The number of nitriles is 1. The minimum absolute atomic E-state index is 0.146. The van der Waals surface area contributed by atoms with Gasteiger partial charge in [0.25, 0.3) is 0 Å². The molecule has 218 valence electrons. The van der Waals surface area contributed by atoms with Gasteiger partial charge in [-0.3, -0.25) is 0 Å². The number of carbonyl (C=O) groups is 1. The van der Waals surface area contributed by atoms with E-state index in [0.717, 1.165) is 24.3 Å². The van der Waals surface area contributed by atoms with Crippen molar-refractivity contribution in [2.24, 2.45) is 0 Å². The minimum atomic E-state index is -4.56. The average Bonchev–Trinajstić information content (AvgIpc) is 3.27. The topological polar surface area (TPSA) is 91.0 Å². The Morgan fingerprint density at radius 2 is 1.86 bits per heavy atom. The average molecular weight is 605 g/mol. The van der Waals surface area contributed by atoms with Gasteiger partial charge in [-0.1, -0.05) is 0 Å². The van der Waals surface area contributed by atoms with E-state index < -0.39 is 61.0 Å². The Morgan fingerprint density at radius 3 is 2.48 bits per heavy atom. The van der Waals surface area contributed by atoms with Crippen LogP contribution in [0.1, 0.15) is 36.1 Å². The van der Waals surface area contributed by atoms with Crippen molar-refractivity contribution in [3.05, 3.63) is 71.2 Å². The van der Waals surface area contributed by atoms with Crippen LogP contribution in [0.25, 0.3) is 5.69 Å². The second-order valence-corrected chi connectivity index (χ2v) is 13.5. The zero-order chi connectivity index (χ0) is 30.2. The number of nitrogens with zero attached hydrogens (tertiary/aromatic N) is 4. The number of nitrogens with one attached hydrogen (secondary N) is 1. The first-order valence-corrected chi connectivity index (χ1v) is 14.7. The van der Waals surface area contributed by atoms with Crippen LogP contribution in [0.15, 0.2) is 53.4 Å². The molecule has 0 spiro atoms. The van der Waals surface area contributed by atoms with Crippen molar-refractivity contribution < 1.29 is 35.3 Å². The fourth-order valence-electron chi connectivity index (χ4n) is 5.60. The molecular formula is C27H22BF6N5O2S. The third-order valence-electron chi connectivity index (χ3n) is 7.90. The summed E-state index contributed by atoms with van der Waals surface area (Å²) >= 11 is 0. The first kappa shape index (κ1) is 28.3. The Labute approximate surface area is 237 Å². The summed E-state index contributed by atoms with van der Waals surface area (Å²) in [7, 11) is -3.63. The molecule has 3 atom stereocenters. The Hall–Kier alpha value is -3.80. The van der Waals surface area contributed by atoms with Gasteiger partial charge in [-0.05, 0) is 0 Å². The van der Waals surface area contributed by atoms with Crippen molar-refractivity contribution in [3.63, 3.8) is 0 Å². The molecule has 3 aliphatic rings. The number of aromatic nitrogens is 2. The summed E-state index contributed by atoms with van der Waals surface area (Å²) in [6.45, 7) is 1.48. The molecule has 3 heterocycles. The monoisotopic (exact) mass is 605 g/mol. The van der Waals surface area contributed by atoms with Crippen molar-refractivity contribution in [1.29, 1.82) is 5.26 Å². The number of hydrogen-bond acceptors (Lipinski definition) is 5. The molecule has 6 rings (SSSR count). The Balaban J connectivity index is 1.43. The van der Waals surface area contributed by atoms with Crippen LogP contribution in [-0.2, 0) is 26.2 Å². The van der Waals surface area contributed by atoms with E-state index in [4.69, 9.17) is 0 Å². The Kier molecular flexibility index (Phi) is 6.31. The molecule has 0 radical (unpaired) electrons. The van der Waals surface area contributed by atoms with E-state index in [1.54, 1.807) is 13.0 Å². The van der Waals surface area contributed by atoms with Crippen LogP contribution >= 0.6 is 0 Å². The third-order valence-corrected chi connectivity index (χ3v) is 10.9. The molecule has 2 aliphatic heterocycles. The molecule has 0 bridgehead atoms. The van der Waals surface area contributed by atoms with E-state index in [-0.39, 0.29) is 29.4 Å². The molecule has 15 heteroatoms. The number of fused-ring (bicyclic) bond motifs is 1. The van der Waals surface area contributed by atoms with E-state index in [2.05, 4.69) is 16.5 Å². The quantitative estimate of drug-likeness (QED) is 0.342. The standard InChI is InChI=1S/C27H22BF6N5O2S/c1-15-10-23(39(37-15)18-5-2-16(3-6-18)27(32,33)34)38-13-19(12-21(38)24(40)36-25(14-35)8-9-25)42(41)22-7-4-17(29)11-20(22)26(30,31)28-42/h2-7,10-11,19,21H,8-9,12-13H2,1H3,(H,36,40)/t19-,21+,42?/m1/s1. The van der Waals surface area contributed by atoms with Crippen LogP contribution in [0.4, 0.5) is 32.2 Å². The molecular weight excluding hydrogens is 583 g/mol.